The average molecular weight is 174 g/mol. The smallest absolute Gasteiger partial charge is 0.102 e. The molecular formula is C7H14N2OS. The maximum atomic E-state index is 9.22. The Kier molecular flexibility index (Phi) is 5.15. The topological polar surface area (TPSA) is 67.9 Å². The molecule has 0 fully saturated rings. The third kappa shape index (κ3) is 4.98. The minimum Gasteiger partial charge on any atom is -0.386 e. The first-order valence-electron chi connectivity index (χ1n) is 3.57. The lowest BCUT2D eigenvalue weighted by atomic mass is 10.2. The highest BCUT2D eigenvalue weighted by Crippen LogP contribution is 2.10. The van der Waals surface area contributed by atoms with Crippen LogP contribution in [-0.4, -0.2) is 21.3 Å². The second kappa shape index (κ2) is 5.32. The molecule has 1 atom stereocenters. The summed E-state index contributed by atoms with van der Waals surface area (Å²) in [6, 6.07) is 0. The van der Waals surface area contributed by atoms with Crippen LogP contribution in [0.4, 0.5) is 0 Å². The third-order valence-electron chi connectivity index (χ3n) is 1.13. The zero-order valence-electron chi connectivity index (χ0n) is 6.85. The summed E-state index contributed by atoms with van der Waals surface area (Å²) in [6.07, 6.45) is 0.797. The van der Waals surface area contributed by atoms with Crippen LogP contribution in [0, 0.1) is 10.8 Å². The highest BCUT2D eigenvalue weighted by atomic mass is 32.2. The van der Waals surface area contributed by atoms with Gasteiger partial charge in [0.15, 0.2) is 0 Å². The number of aliphatic hydroxyl groups excluding tert-OH is 1. The van der Waals surface area contributed by atoms with E-state index in [0.717, 1.165) is 18.2 Å². The zero-order valence-corrected chi connectivity index (χ0v) is 7.66. The molecule has 0 saturated heterocycles. The van der Waals surface area contributed by atoms with Gasteiger partial charge in [-0.3, -0.25) is 10.8 Å². The van der Waals surface area contributed by atoms with Gasteiger partial charge in [-0.2, -0.15) is 0 Å². The van der Waals surface area contributed by atoms with Gasteiger partial charge in [-0.15, -0.1) is 0 Å². The molecule has 0 aliphatic rings. The summed E-state index contributed by atoms with van der Waals surface area (Å²) in [5.74, 6) is 0. The molecule has 0 aromatic carbocycles. The van der Waals surface area contributed by atoms with Crippen molar-refractivity contribution in [3.05, 3.63) is 0 Å². The molecule has 0 amide bonds. The van der Waals surface area contributed by atoms with Crippen LogP contribution in [0.1, 0.15) is 26.7 Å². The van der Waals surface area contributed by atoms with Crippen LogP contribution in [-0.2, 0) is 0 Å². The summed E-state index contributed by atoms with van der Waals surface area (Å²) in [6.45, 7) is 3.57. The van der Waals surface area contributed by atoms with Crippen LogP contribution in [0.25, 0.3) is 0 Å². The molecule has 0 spiro atoms. The highest BCUT2D eigenvalue weighted by Gasteiger charge is 2.10. The van der Waals surface area contributed by atoms with Gasteiger partial charge in [0.05, 0.1) is 10.1 Å². The van der Waals surface area contributed by atoms with Crippen molar-refractivity contribution >= 4 is 21.8 Å². The Bertz CT molecular complexity index is 159. The van der Waals surface area contributed by atoms with Crippen molar-refractivity contribution in [2.45, 2.75) is 32.8 Å². The minimum atomic E-state index is -0.676. The predicted molar refractivity (Wildman–Crippen MR) is 49.6 cm³/mol. The van der Waals surface area contributed by atoms with Gasteiger partial charge in [0.25, 0.3) is 0 Å². The van der Waals surface area contributed by atoms with Gasteiger partial charge in [0.1, 0.15) is 6.10 Å². The zero-order chi connectivity index (χ0) is 8.85. The molecule has 0 heterocycles. The molecule has 0 aromatic rings. The molecule has 0 aliphatic heterocycles. The van der Waals surface area contributed by atoms with Crippen LogP contribution < -0.4 is 0 Å². The molecule has 0 bridgehead atoms. The molecule has 0 saturated carbocycles. The number of hydrogen-bond acceptors (Lipinski definition) is 4. The lowest BCUT2D eigenvalue weighted by Crippen LogP contribution is -2.16. The Morgan fingerprint density at radius 2 is 2.09 bits per heavy atom. The van der Waals surface area contributed by atoms with Crippen molar-refractivity contribution in [2.24, 2.45) is 0 Å². The maximum absolute atomic E-state index is 9.22. The largest absolute Gasteiger partial charge is 0.386 e. The SMILES string of the molecule is CCCC(O)C(=N)SC(C)=N. The van der Waals surface area contributed by atoms with E-state index in [4.69, 9.17) is 10.8 Å². The number of rotatable bonds is 3. The summed E-state index contributed by atoms with van der Waals surface area (Å²) >= 11 is 1.02. The van der Waals surface area contributed by atoms with E-state index in [1.807, 2.05) is 6.92 Å². The Hall–Kier alpha value is -0.350. The second-order valence-corrected chi connectivity index (χ2v) is 3.58. The molecular weight excluding hydrogens is 160 g/mol. The quantitative estimate of drug-likeness (QED) is 0.451. The van der Waals surface area contributed by atoms with Crippen LogP contribution in [0.5, 0.6) is 0 Å². The predicted octanol–water partition coefficient (Wildman–Crippen LogP) is 1.86. The molecule has 64 valence electrons. The van der Waals surface area contributed by atoms with Crippen LogP contribution >= 0.6 is 11.8 Å². The first-order chi connectivity index (χ1) is 5.07. The van der Waals surface area contributed by atoms with E-state index in [-0.39, 0.29) is 5.04 Å². The van der Waals surface area contributed by atoms with Crippen molar-refractivity contribution in [2.75, 3.05) is 0 Å². The van der Waals surface area contributed by atoms with Crippen molar-refractivity contribution in [1.29, 1.82) is 10.8 Å². The van der Waals surface area contributed by atoms with Crippen molar-refractivity contribution < 1.29 is 5.11 Å². The van der Waals surface area contributed by atoms with Gasteiger partial charge in [-0.05, 0) is 13.3 Å². The lowest BCUT2D eigenvalue weighted by Gasteiger charge is -2.08. The first-order valence-corrected chi connectivity index (χ1v) is 4.39. The summed E-state index contributed by atoms with van der Waals surface area (Å²) < 4.78 is 0. The normalized spacial score (nSPS) is 12.6. The van der Waals surface area contributed by atoms with Crippen molar-refractivity contribution in [1.82, 2.24) is 0 Å². The van der Waals surface area contributed by atoms with Gasteiger partial charge >= 0.3 is 0 Å². The fourth-order valence-electron chi connectivity index (χ4n) is 0.637. The number of aliphatic hydroxyl groups is 1. The molecule has 11 heavy (non-hydrogen) atoms. The van der Waals surface area contributed by atoms with Gasteiger partial charge in [0, 0.05) is 0 Å². The summed E-state index contributed by atoms with van der Waals surface area (Å²) in [5.41, 5.74) is 0. The van der Waals surface area contributed by atoms with Gasteiger partial charge in [-0.25, -0.2) is 0 Å². The van der Waals surface area contributed by atoms with Crippen molar-refractivity contribution in [3.63, 3.8) is 0 Å². The van der Waals surface area contributed by atoms with E-state index in [1.165, 1.54) is 0 Å². The van der Waals surface area contributed by atoms with E-state index in [0.29, 0.717) is 11.5 Å². The van der Waals surface area contributed by atoms with Gasteiger partial charge in [0.2, 0.25) is 0 Å². The Balaban J connectivity index is 3.73. The monoisotopic (exact) mass is 174 g/mol. The van der Waals surface area contributed by atoms with E-state index in [2.05, 4.69) is 0 Å². The number of thioether (sulfide) groups is 1. The first kappa shape index (κ1) is 10.7. The molecule has 1 unspecified atom stereocenters. The highest BCUT2D eigenvalue weighted by molar-refractivity contribution is 8.26. The van der Waals surface area contributed by atoms with E-state index in [1.54, 1.807) is 6.92 Å². The van der Waals surface area contributed by atoms with Crippen LogP contribution in [0.3, 0.4) is 0 Å². The minimum absolute atomic E-state index is 0.180. The van der Waals surface area contributed by atoms with Crippen LogP contribution in [0.2, 0.25) is 0 Å². The molecule has 0 aromatic heterocycles. The number of nitrogens with one attached hydrogen (secondary N) is 2. The van der Waals surface area contributed by atoms with Crippen LogP contribution in [0.15, 0.2) is 0 Å². The summed E-state index contributed by atoms with van der Waals surface area (Å²) in [5, 5.41) is 24.1. The van der Waals surface area contributed by atoms with Gasteiger partial charge < -0.3 is 5.11 Å². The fraction of sp³-hybridized carbons (Fsp3) is 0.714. The fourth-order valence-corrected chi connectivity index (χ4v) is 1.22. The average Bonchev–Trinajstić information content (AvgIpc) is 1.86. The maximum Gasteiger partial charge on any atom is 0.102 e. The standard InChI is InChI=1S/C7H14N2OS/c1-3-4-6(10)7(9)11-5(2)8/h6,8-10H,3-4H2,1-2H3. The molecule has 3 N–H and O–H groups in total. The summed E-state index contributed by atoms with van der Waals surface area (Å²) in [7, 11) is 0. The van der Waals surface area contributed by atoms with Crippen molar-refractivity contribution in [3.8, 4) is 0 Å². The third-order valence-corrected chi connectivity index (χ3v) is 1.93. The van der Waals surface area contributed by atoms with E-state index >= 15 is 0 Å². The number of hydrogen-bond donors (Lipinski definition) is 3. The summed E-state index contributed by atoms with van der Waals surface area (Å²) in [4.78, 5) is 0. The van der Waals surface area contributed by atoms with E-state index in [9.17, 15) is 5.11 Å². The van der Waals surface area contributed by atoms with E-state index < -0.39 is 6.10 Å². The lowest BCUT2D eigenvalue weighted by molar-refractivity contribution is 0.232. The van der Waals surface area contributed by atoms with Gasteiger partial charge in [-0.1, -0.05) is 25.1 Å². The molecule has 0 radical (unpaired) electrons. The Labute approximate surface area is 71.2 Å². The molecule has 4 heteroatoms. The molecule has 0 rings (SSSR count). The Morgan fingerprint density at radius 3 is 2.45 bits per heavy atom. The second-order valence-electron chi connectivity index (χ2n) is 2.33. The Morgan fingerprint density at radius 1 is 1.55 bits per heavy atom. The molecule has 3 nitrogen and oxygen atoms in total. The molecule has 0 aliphatic carbocycles.